The molecule has 0 aromatic heterocycles. The molecule has 0 aromatic rings. The van der Waals surface area contributed by atoms with Crippen molar-refractivity contribution in [3.05, 3.63) is 0 Å². The zero-order chi connectivity index (χ0) is 12.9. The molecule has 0 saturated carbocycles. The minimum absolute atomic E-state index is 0.0372. The van der Waals surface area contributed by atoms with Crippen molar-refractivity contribution in [2.75, 3.05) is 24.7 Å². The quantitative estimate of drug-likeness (QED) is 0.712. The summed E-state index contributed by atoms with van der Waals surface area (Å²) in [6.45, 7) is 4.63. The van der Waals surface area contributed by atoms with E-state index in [1.54, 1.807) is 4.90 Å². The molecule has 0 aromatic carbocycles. The van der Waals surface area contributed by atoms with Crippen LogP contribution in [0.25, 0.3) is 0 Å². The van der Waals surface area contributed by atoms with Gasteiger partial charge in [-0.3, -0.25) is 9.59 Å². The summed E-state index contributed by atoms with van der Waals surface area (Å²) < 4.78 is 0. The van der Waals surface area contributed by atoms with E-state index in [1.807, 2.05) is 13.8 Å². The summed E-state index contributed by atoms with van der Waals surface area (Å²) in [7, 11) is 0. The Balaban J connectivity index is 2.32. The van der Waals surface area contributed by atoms with Crippen LogP contribution >= 0.6 is 11.8 Å². The number of carbonyl (C=O) groups excluding carboxylic acids is 2. The lowest BCUT2D eigenvalue weighted by molar-refractivity contribution is -0.132. The Bertz CT molecular complexity index is 292. The molecule has 0 unspecified atom stereocenters. The molecule has 0 radical (unpaired) electrons. The van der Waals surface area contributed by atoms with Crippen LogP contribution < -0.4 is 11.1 Å². The van der Waals surface area contributed by atoms with Gasteiger partial charge >= 0.3 is 0 Å². The van der Waals surface area contributed by atoms with Crippen LogP contribution in [0.2, 0.25) is 0 Å². The largest absolute Gasteiger partial charge is 0.353 e. The second kappa shape index (κ2) is 6.26. The number of nitrogens with two attached hydrogens (primary N) is 1. The van der Waals surface area contributed by atoms with E-state index in [1.165, 1.54) is 11.8 Å². The molecule has 2 amide bonds. The van der Waals surface area contributed by atoms with Gasteiger partial charge in [-0.2, -0.15) is 0 Å². The molecular formula is C11H21N3O2S. The molecule has 0 atom stereocenters. The Morgan fingerprint density at radius 2 is 2.18 bits per heavy atom. The summed E-state index contributed by atoms with van der Waals surface area (Å²) in [5.41, 5.74) is 5.75. The van der Waals surface area contributed by atoms with E-state index in [0.717, 1.165) is 12.8 Å². The lowest BCUT2D eigenvalue weighted by Gasteiger charge is -2.27. The van der Waals surface area contributed by atoms with Crippen molar-refractivity contribution in [3.63, 3.8) is 0 Å². The second-order valence-electron chi connectivity index (χ2n) is 4.42. The molecule has 1 rings (SSSR count). The molecule has 6 heteroatoms. The van der Waals surface area contributed by atoms with Crippen molar-refractivity contribution in [1.29, 1.82) is 0 Å². The first kappa shape index (κ1) is 14.3. The molecule has 5 nitrogen and oxygen atoms in total. The van der Waals surface area contributed by atoms with Crippen LogP contribution in [0.1, 0.15) is 26.7 Å². The minimum atomic E-state index is -0.334. The Hall–Kier alpha value is -0.750. The Morgan fingerprint density at radius 3 is 2.65 bits per heavy atom. The van der Waals surface area contributed by atoms with Gasteiger partial charge < -0.3 is 16.0 Å². The van der Waals surface area contributed by atoms with Gasteiger partial charge in [-0.1, -0.05) is 13.8 Å². The molecule has 17 heavy (non-hydrogen) atoms. The average molecular weight is 259 g/mol. The molecule has 1 aliphatic heterocycles. The first-order valence-corrected chi connectivity index (χ1v) is 7.07. The first-order valence-electron chi connectivity index (χ1n) is 5.92. The molecule has 0 spiro atoms. The maximum atomic E-state index is 11.7. The van der Waals surface area contributed by atoms with Crippen LogP contribution in [0.5, 0.6) is 0 Å². The van der Waals surface area contributed by atoms with Gasteiger partial charge in [0.25, 0.3) is 0 Å². The van der Waals surface area contributed by atoms with Gasteiger partial charge in [0, 0.05) is 12.1 Å². The molecule has 1 fully saturated rings. The first-order chi connectivity index (χ1) is 8.00. The van der Waals surface area contributed by atoms with Gasteiger partial charge in [-0.25, -0.2) is 0 Å². The number of carbonyl (C=O) groups is 2. The number of rotatable bonds is 6. The SMILES string of the molecule is CCC(N)(CC)CNC(=O)CN1CSCC1=O. The summed E-state index contributed by atoms with van der Waals surface area (Å²) in [5.74, 6) is 1.01. The highest BCUT2D eigenvalue weighted by Gasteiger charge is 2.25. The molecule has 1 heterocycles. The van der Waals surface area contributed by atoms with E-state index < -0.39 is 0 Å². The fourth-order valence-corrected chi connectivity index (χ4v) is 2.45. The van der Waals surface area contributed by atoms with Crippen LogP contribution in [-0.2, 0) is 9.59 Å². The van der Waals surface area contributed by atoms with Gasteiger partial charge in [0.05, 0.1) is 11.6 Å². The van der Waals surface area contributed by atoms with E-state index >= 15 is 0 Å². The Morgan fingerprint density at radius 1 is 1.53 bits per heavy atom. The summed E-state index contributed by atoms with van der Waals surface area (Å²) in [6.07, 6.45) is 1.64. The predicted molar refractivity (Wildman–Crippen MR) is 69.5 cm³/mol. The summed E-state index contributed by atoms with van der Waals surface area (Å²) in [6, 6.07) is 0. The molecule has 3 N–H and O–H groups in total. The van der Waals surface area contributed by atoms with Crippen molar-refractivity contribution in [1.82, 2.24) is 10.2 Å². The lowest BCUT2D eigenvalue weighted by Crippen LogP contribution is -2.51. The average Bonchev–Trinajstić information content (AvgIpc) is 2.72. The number of nitrogens with one attached hydrogen (secondary N) is 1. The van der Waals surface area contributed by atoms with Gasteiger partial charge in [-0.15, -0.1) is 11.8 Å². The van der Waals surface area contributed by atoms with Crippen LogP contribution in [0, 0.1) is 0 Å². The number of hydrogen-bond acceptors (Lipinski definition) is 4. The molecule has 0 bridgehead atoms. The topological polar surface area (TPSA) is 75.4 Å². The Kier molecular flexibility index (Phi) is 5.27. The van der Waals surface area contributed by atoms with Crippen molar-refractivity contribution >= 4 is 23.6 Å². The second-order valence-corrected chi connectivity index (χ2v) is 5.37. The van der Waals surface area contributed by atoms with E-state index in [0.29, 0.717) is 18.2 Å². The van der Waals surface area contributed by atoms with Gasteiger partial charge in [0.1, 0.15) is 6.54 Å². The van der Waals surface area contributed by atoms with E-state index in [2.05, 4.69) is 5.32 Å². The van der Waals surface area contributed by atoms with Crippen LogP contribution in [0.15, 0.2) is 0 Å². The van der Waals surface area contributed by atoms with E-state index in [4.69, 9.17) is 5.73 Å². The smallest absolute Gasteiger partial charge is 0.239 e. The monoisotopic (exact) mass is 259 g/mol. The Labute approximate surface area is 106 Å². The molecule has 1 saturated heterocycles. The van der Waals surface area contributed by atoms with Gasteiger partial charge in [0.15, 0.2) is 0 Å². The fraction of sp³-hybridized carbons (Fsp3) is 0.818. The summed E-state index contributed by atoms with van der Waals surface area (Å²) in [4.78, 5) is 24.5. The zero-order valence-corrected chi connectivity index (χ0v) is 11.3. The fourth-order valence-electron chi connectivity index (χ4n) is 1.54. The number of nitrogens with zero attached hydrogens (tertiary/aromatic N) is 1. The number of amides is 2. The van der Waals surface area contributed by atoms with Crippen LogP contribution in [0.4, 0.5) is 0 Å². The van der Waals surface area contributed by atoms with Crippen LogP contribution in [-0.4, -0.2) is 47.0 Å². The van der Waals surface area contributed by atoms with Crippen molar-refractivity contribution in [3.8, 4) is 0 Å². The third kappa shape index (κ3) is 4.20. The lowest BCUT2D eigenvalue weighted by atomic mass is 9.94. The van der Waals surface area contributed by atoms with E-state index in [9.17, 15) is 9.59 Å². The highest BCUT2D eigenvalue weighted by atomic mass is 32.2. The zero-order valence-electron chi connectivity index (χ0n) is 10.5. The maximum absolute atomic E-state index is 11.7. The number of thioether (sulfide) groups is 1. The van der Waals surface area contributed by atoms with Crippen molar-refractivity contribution < 1.29 is 9.59 Å². The maximum Gasteiger partial charge on any atom is 0.239 e. The third-order valence-electron chi connectivity index (χ3n) is 3.21. The third-order valence-corrected chi connectivity index (χ3v) is 4.15. The summed E-state index contributed by atoms with van der Waals surface area (Å²) in [5, 5.41) is 2.81. The molecule has 0 aliphatic carbocycles. The van der Waals surface area contributed by atoms with Gasteiger partial charge in [0.2, 0.25) is 11.8 Å². The van der Waals surface area contributed by atoms with Crippen LogP contribution in [0.3, 0.4) is 0 Å². The highest BCUT2D eigenvalue weighted by Crippen LogP contribution is 2.14. The van der Waals surface area contributed by atoms with Crippen molar-refractivity contribution in [2.45, 2.75) is 32.2 Å². The highest BCUT2D eigenvalue weighted by molar-refractivity contribution is 8.00. The normalized spacial score (nSPS) is 16.4. The summed E-state index contributed by atoms with van der Waals surface area (Å²) >= 11 is 1.54. The van der Waals surface area contributed by atoms with Gasteiger partial charge in [-0.05, 0) is 12.8 Å². The van der Waals surface area contributed by atoms with E-state index in [-0.39, 0.29) is 23.9 Å². The standard InChI is InChI=1S/C11H21N3O2S/c1-3-11(12,4-2)7-13-9(15)5-14-8-17-6-10(14)16/h3-8,12H2,1-2H3,(H,13,15). The molecule has 1 aliphatic rings. The number of hydrogen-bond donors (Lipinski definition) is 2. The molecular weight excluding hydrogens is 238 g/mol. The molecule has 98 valence electrons. The predicted octanol–water partition coefficient (Wildman–Crippen LogP) is 0.153. The minimum Gasteiger partial charge on any atom is -0.353 e. The van der Waals surface area contributed by atoms with Crippen molar-refractivity contribution in [2.24, 2.45) is 5.73 Å².